The van der Waals surface area contributed by atoms with E-state index in [0.29, 0.717) is 28.6 Å². The van der Waals surface area contributed by atoms with Crippen molar-refractivity contribution in [3.63, 3.8) is 0 Å². The van der Waals surface area contributed by atoms with Crippen molar-refractivity contribution >= 4 is 28.9 Å². The first-order valence-corrected chi connectivity index (χ1v) is 8.21. The van der Waals surface area contributed by atoms with Crippen molar-refractivity contribution in [2.24, 2.45) is 0 Å². The van der Waals surface area contributed by atoms with Gasteiger partial charge in [0.1, 0.15) is 30.3 Å². The molecule has 3 rings (SSSR count). The van der Waals surface area contributed by atoms with Crippen molar-refractivity contribution < 1.29 is 24.2 Å². The predicted octanol–water partition coefficient (Wildman–Crippen LogP) is 2.79. The predicted molar refractivity (Wildman–Crippen MR) is 99.5 cm³/mol. The molecule has 0 fully saturated rings. The second-order valence-corrected chi connectivity index (χ2v) is 5.67. The van der Waals surface area contributed by atoms with E-state index >= 15 is 0 Å². The van der Waals surface area contributed by atoms with Crippen LogP contribution in [0.5, 0.6) is 5.75 Å². The van der Waals surface area contributed by atoms with Gasteiger partial charge in [0.15, 0.2) is 18.2 Å². The van der Waals surface area contributed by atoms with Crippen molar-refractivity contribution in [3.05, 3.63) is 65.7 Å². The molecule has 0 bridgehead atoms. The molecule has 140 valence electrons. The highest BCUT2D eigenvalue weighted by atomic mass is 16.6. The molecule has 1 heterocycles. The smallest absolute Gasteiger partial charge is 0.344 e. The van der Waals surface area contributed by atoms with Crippen LogP contribution in [0, 0.1) is 11.3 Å². The largest absolute Gasteiger partial charge is 0.507 e. The minimum atomic E-state index is -0.729. The number of H-pyrrole nitrogens is 1. The number of carbonyl (C=O) groups is 2. The number of aldehydes is 1. The number of carbonyl (C=O) groups excluding carboxylic acids is 2. The number of rotatable bonds is 7. The third-order valence-corrected chi connectivity index (χ3v) is 3.77. The van der Waals surface area contributed by atoms with Gasteiger partial charge in [-0.3, -0.25) is 4.79 Å². The fourth-order valence-electron chi connectivity index (χ4n) is 2.37. The molecule has 3 aromatic rings. The number of allylic oxidation sites excluding steroid dienone is 1. The van der Waals surface area contributed by atoms with Gasteiger partial charge in [0.25, 0.3) is 0 Å². The number of aromatic nitrogens is 2. The van der Waals surface area contributed by atoms with Gasteiger partial charge in [-0.05, 0) is 36.4 Å². The molecule has 0 spiro atoms. The van der Waals surface area contributed by atoms with Crippen LogP contribution in [0.2, 0.25) is 0 Å². The molecule has 0 aliphatic rings. The average Bonchev–Trinajstić information content (AvgIpc) is 3.15. The van der Waals surface area contributed by atoms with Crippen LogP contribution in [-0.2, 0) is 9.53 Å². The van der Waals surface area contributed by atoms with Crippen molar-refractivity contribution in [2.75, 3.05) is 13.2 Å². The van der Waals surface area contributed by atoms with E-state index in [4.69, 9.17) is 9.47 Å². The number of esters is 1. The van der Waals surface area contributed by atoms with Gasteiger partial charge in [-0.1, -0.05) is 12.1 Å². The van der Waals surface area contributed by atoms with Crippen LogP contribution in [-0.4, -0.2) is 40.5 Å². The Morgan fingerprint density at radius 1 is 1.18 bits per heavy atom. The fourth-order valence-corrected chi connectivity index (χ4v) is 2.37. The lowest BCUT2D eigenvalue weighted by Crippen LogP contribution is -2.16. The number of benzene rings is 2. The molecule has 2 N–H and O–H groups in total. The first-order valence-electron chi connectivity index (χ1n) is 8.21. The Kier molecular flexibility index (Phi) is 5.67. The molecule has 0 amide bonds. The Morgan fingerprint density at radius 3 is 2.61 bits per heavy atom. The fraction of sp³-hybridized carbons (Fsp3) is 0.100. The minimum absolute atomic E-state index is 0.116. The third kappa shape index (κ3) is 4.34. The van der Waals surface area contributed by atoms with Gasteiger partial charge in [-0.25, -0.2) is 9.78 Å². The Balaban J connectivity index is 1.60. The normalized spacial score (nSPS) is 11.4. The maximum absolute atomic E-state index is 11.8. The van der Waals surface area contributed by atoms with Crippen LogP contribution in [0.3, 0.4) is 0 Å². The molecule has 28 heavy (non-hydrogen) atoms. The molecule has 0 aliphatic heterocycles. The van der Waals surface area contributed by atoms with E-state index < -0.39 is 18.3 Å². The Hall–Kier alpha value is -4.12. The van der Waals surface area contributed by atoms with E-state index in [0.717, 1.165) is 0 Å². The van der Waals surface area contributed by atoms with Crippen LogP contribution < -0.4 is 4.74 Å². The lowest BCUT2D eigenvalue weighted by molar-refractivity contribution is -0.145. The summed E-state index contributed by atoms with van der Waals surface area (Å²) >= 11 is 0. The zero-order chi connectivity index (χ0) is 19.9. The lowest BCUT2D eigenvalue weighted by atomic mass is 10.2. The van der Waals surface area contributed by atoms with Gasteiger partial charge >= 0.3 is 5.97 Å². The summed E-state index contributed by atoms with van der Waals surface area (Å²) in [5.41, 5.74) is 1.72. The van der Waals surface area contributed by atoms with Crippen molar-refractivity contribution in [2.45, 2.75) is 0 Å². The lowest BCUT2D eigenvalue weighted by Gasteiger charge is -2.07. The number of nitrogens with zero attached hydrogens (tertiary/aromatic N) is 2. The molecule has 0 atom stereocenters. The Labute approximate surface area is 159 Å². The summed E-state index contributed by atoms with van der Waals surface area (Å²) < 4.78 is 10.2. The Morgan fingerprint density at radius 2 is 1.93 bits per heavy atom. The van der Waals surface area contributed by atoms with E-state index in [1.165, 1.54) is 0 Å². The highest BCUT2D eigenvalue weighted by Crippen LogP contribution is 2.19. The third-order valence-electron chi connectivity index (χ3n) is 3.77. The maximum Gasteiger partial charge on any atom is 0.344 e. The van der Waals surface area contributed by atoms with E-state index in [9.17, 15) is 20.0 Å². The second kappa shape index (κ2) is 8.51. The zero-order valence-electron chi connectivity index (χ0n) is 14.6. The second-order valence-electron chi connectivity index (χ2n) is 5.67. The van der Waals surface area contributed by atoms with Crippen LogP contribution in [0.4, 0.5) is 0 Å². The van der Waals surface area contributed by atoms with Gasteiger partial charge in [-0.15, -0.1) is 0 Å². The Bertz CT molecular complexity index is 1040. The van der Waals surface area contributed by atoms with E-state index in [-0.39, 0.29) is 18.0 Å². The number of para-hydroxylation sites is 2. The molecule has 2 aromatic carbocycles. The van der Waals surface area contributed by atoms with Crippen LogP contribution >= 0.6 is 0 Å². The highest BCUT2D eigenvalue weighted by Gasteiger charge is 2.15. The molecule has 0 saturated carbocycles. The number of nitrogens with one attached hydrogen (secondary N) is 1. The first-order chi connectivity index (χ1) is 13.6. The summed E-state index contributed by atoms with van der Waals surface area (Å²) in [6.07, 6.45) is 0.696. The molecule has 0 aliphatic carbocycles. The number of fused-ring (bicyclic) bond motifs is 1. The van der Waals surface area contributed by atoms with Crippen molar-refractivity contribution in [1.82, 2.24) is 9.97 Å². The summed E-state index contributed by atoms with van der Waals surface area (Å²) in [5.74, 6) is -0.579. The summed E-state index contributed by atoms with van der Waals surface area (Å²) in [4.78, 5) is 29.5. The molecule has 1 aromatic heterocycles. The van der Waals surface area contributed by atoms with Crippen molar-refractivity contribution in [3.8, 4) is 11.8 Å². The number of imidazole rings is 1. The topological polar surface area (TPSA) is 125 Å². The van der Waals surface area contributed by atoms with E-state index in [2.05, 4.69) is 9.97 Å². The number of aromatic amines is 1. The molecular formula is C20H15N3O5. The van der Waals surface area contributed by atoms with E-state index in [1.54, 1.807) is 42.5 Å². The summed E-state index contributed by atoms with van der Waals surface area (Å²) in [5, 5.41) is 19.4. The SMILES string of the molecule is N#C/C(=C(/O)COC(=O)COc1ccc(C=O)cc1)c1nc2ccccc2[nH]1. The molecule has 0 saturated heterocycles. The quantitative estimate of drug-likeness (QED) is 0.281. The summed E-state index contributed by atoms with van der Waals surface area (Å²) in [6.45, 7) is -0.882. The molecule has 8 heteroatoms. The minimum Gasteiger partial charge on any atom is -0.507 e. The summed E-state index contributed by atoms with van der Waals surface area (Å²) in [6, 6.07) is 15.2. The zero-order valence-corrected chi connectivity index (χ0v) is 14.6. The van der Waals surface area contributed by atoms with Gasteiger partial charge in [0.05, 0.1) is 11.0 Å². The standard InChI is InChI=1S/C20H15N3O5/c21-9-15(20-22-16-3-1-2-4-17(16)23-20)18(25)11-28-19(26)12-27-14-7-5-13(10-24)6-8-14/h1-8,10,25H,11-12H2,(H,22,23)/b18-15-. The number of hydrogen-bond acceptors (Lipinski definition) is 7. The summed E-state index contributed by atoms with van der Waals surface area (Å²) in [7, 11) is 0. The monoisotopic (exact) mass is 377 g/mol. The molecule has 8 nitrogen and oxygen atoms in total. The number of ether oxygens (including phenoxy) is 2. The van der Waals surface area contributed by atoms with Gasteiger partial charge in [0.2, 0.25) is 0 Å². The van der Waals surface area contributed by atoms with Crippen LogP contribution in [0.1, 0.15) is 16.2 Å². The number of aliphatic hydroxyl groups excluding tert-OH is 1. The van der Waals surface area contributed by atoms with Crippen LogP contribution in [0.25, 0.3) is 16.6 Å². The number of nitriles is 1. The molecular weight excluding hydrogens is 362 g/mol. The van der Waals surface area contributed by atoms with Gasteiger partial charge in [-0.2, -0.15) is 5.26 Å². The van der Waals surface area contributed by atoms with Crippen LogP contribution in [0.15, 0.2) is 54.3 Å². The maximum atomic E-state index is 11.8. The highest BCUT2D eigenvalue weighted by molar-refractivity contribution is 5.83. The molecule has 0 unspecified atom stereocenters. The first kappa shape index (κ1) is 18.7. The number of hydrogen-bond donors (Lipinski definition) is 2. The van der Waals surface area contributed by atoms with Gasteiger partial charge < -0.3 is 19.6 Å². The van der Waals surface area contributed by atoms with E-state index in [1.807, 2.05) is 12.1 Å². The average molecular weight is 377 g/mol. The van der Waals surface area contributed by atoms with Gasteiger partial charge in [0, 0.05) is 5.56 Å². The molecule has 0 radical (unpaired) electrons. The van der Waals surface area contributed by atoms with Crippen molar-refractivity contribution in [1.29, 1.82) is 5.26 Å². The number of aliphatic hydroxyl groups is 1.